The summed E-state index contributed by atoms with van der Waals surface area (Å²) in [6.07, 6.45) is 5.29. The van der Waals surface area contributed by atoms with Gasteiger partial charge in [-0.2, -0.15) is 0 Å². The second-order valence-corrected chi connectivity index (χ2v) is 5.39. The van der Waals surface area contributed by atoms with E-state index in [1.807, 2.05) is 16.7 Å². The fraction of sp³-hybridized carbons (Fsp3) is 0.467. The Hall–Kier alpha value is -2.08. The number of hydrogen-bond acceptors (Lipinski definition) is 5. The van der Waals surface area contributed by atoms with Gasteiger partial charge in [0, 0.05) is 18.7 Å². The minimum atomic E-state index is -0.446. The van der Waals surface area contributed by atoms with E-state index in [4.69, 9.17) is 10.5 Å². The second-order valence-electron chi connectivity index (χ2n) is 5.39. The summed E-state index contributed by atoms with van der Waals surface area (Å²) in [7, 11) is 1.36. The molecule has 1 aliphatic rings. The van der Waals surface area contributed by atoms with Gasteiger partial charge in [0.05, 0.1) is 12.8 Å². The summed E-state index contributed by atoms with van der Waals surface area (Å²) in [5, 5.41) is 3.43. The Morgan fingerprint density at radius 3 is 3.19 bits per heavy atom. The van der Waals surface area contributed by atoms with E-state index in [1.54, 1.807) is 6.07 Å². The van der Waals surface area contributed by atoms with E-state index in [9.17, 15) is 4.79 Å². The number of rotatable bonds is 2. The maximum Gasteiger partial charge on any atom is 0.359 e. The number of ether oxygens (including phenoxy) is 1. The van der Waals surface area contributed by atoms with Crippen molar-refractivity contribution in [1.82, 2.24) is 14.7 Å². The molecular formula is C15H20N4O2. The van der Waals surface area contributed by atoms with Crippen LogP contribution in [-0.2, 0) is 4.74 Å². The number of imidazole rings is 1. The van der Waals surface area contributed by atoms with E-state index in [2.05, 4.69) is 10.3 Å². The van der Waals surface area contributed by atoms with Gasteiger partial charge in [-0.1, -0.05) is 6.42 Å². The number of hydrogen-bond donors (Lipinski definition) is 2. The number of fused-ring (bicyclic) bond motifs is 1. The lowest BCUT2D eigenvalue weighted by Crippen LogP contribution is -2.20. The van der Waals surface area contributed by atoms with Gasteiger partial charge in [0.2, 0.25) is 0 Å². The fourth-order valence-electron chi connectivity index (χ4n) is 2.95. The number of carbonyl (C=O) groups is 1. The van der Waals surface area contributed by atoms with Crippen LogP contribution in [0.3, 0.4) is 0 Å². The third-order valence-corrected chi connectivity index (χ3v) is 4.01. The van der Waals surface area contributed by atoms with Gasteiger partial charge in [-0.25, -0.2) is 9.78 Å². The Balaban J connectivity index is 2.14. The topological polar surface area (TPSA) is 81.6 Å². The average Bonchev–Trinajstić information content (AvgIpc) is 2.70. The van der Waals surface area contributed by atoms with Gasteiger partial charge in [0.15, 0.2) is 5.69 Å². The highest BCUT2D eigenvalue weighted by atomic mass is 16.5. The molecule has 1 unspecified atom stereocenters. The minimum Gasteiger partial charge on any atom is -0.464 e. The van der Waals surface area contributed by atoms with Crippen LogP contribution in [0.2, 0.25) is 0 Å². The quantitative estimate of drug-likeness (QED) is 0.820. The van der Waals surface area contributed by atoms with E-state index in [1.165, 1.54) is 13.5 Å². The predicted octanol–water partition coefficient (Wildman–Crippen LogP) is 1.56. The van der Waals surface area contributed by atoms with E-state index in [0.29, 0.717) is 16.9 Å². The molecule has 6 nitrogen and oxygen atoms in total. The molecular weight excluding hydrogens is 268 g/mol. The van der Waals surface area contributed by atoms with Crippen molar-refractivity contribution in [2.24, 2.45) is 0 Å². The Bertz CT molecular complexity index is 657. The normalized spacial score (nSPS) is 19.4. The van der Waals surface area contributed by atoms with Crippen LogP contribution >= 0.6 is 0 Å². The summed E-state index contributed by atoms with van der Waals surface area (Å²) in [4.78, 5) is 16.5. The molecule has 1 atom stereocenters. The van der Waals surface area contributed by atoms with Crippen LogP contribution in [0.15, 0.2) is 18.3 Å². The lowest BCUT2D eigenvalue weighted by Gasteiger charge is -2.13. The molecule has 0 amide bonds. The van der Waals surface area contributed by atoms with Crippen LogP contribution in [0.5, 0.6) is 0 Å². The third-order valence-electron chi connectivity index (χ3n) is 4.01. The molecule has 2 aromatic rings. The molecule has 21 heavy (non-hydrogen) atoms. The first-order valence-corrected chi connectivity index (χ1v) is 7.28. The largest absolute Gasteiger partial charge is 0.464 e. The highest BCUT2D eigenvalue weighted by Gasteiger charge is 2.25. The van der Waals surface area contributed by atoms with Crippen molar-refractivity contribution in [1.29, 1.82) is 0 Å². The summed E-state index contributed by atoms with van der Waals surface area (Å²) in [5.41, 5.74) is 7.52. The molecule has 0 spiro atoms. The number of aromatic nitrogens is 2. The first kappa shape index (κ1) is 13.9. The van der Waals surface area contributed by atoms with E-state index in [-0.39, 0.29) is 5.92 Å². The van der Waals surface area contributed by atoms with Gasteiger partial charge in [-0.05, 0) is 31.5 Å². The minimum absolute atomic E-state index is 0.278. The van der Waals surface area contributed by atoms with Gasteiger partial charge in [0.25, 0.3) is 0 Å². The van der Waals surface area contributed by atoms with Crippen molar-refractivity contribution in [3.8, 4) is 0 Å². The average molecular weight is 288 g/mol. The maximum absolute atomic E-state index is 12.0. The predicted molar refractivity (Wildman–Crippen MR) is 80.4 cm³/mol. The smallest absolute Gasteiger partial charge is 0.359 e. The zero-order chi connectivity index (χ0) is 14.8. The zero-order valence-electron chi connectivity index (χ0n) is 12.1. The lowest BCUT2D eigenvalue weighted by atomic mass is 10.0. The molecule has 1 fully saturated rings. The van der Waals surface area contributed by atoms with Crippen molar-refractivity contribution in [2.75, 3.05) is 25.9 Å². The van der Waals surface area contributed by atoms with Crippen LogP contribution in [-0.4, -0.2) is 35.6 Å². The number of pyridine rings is 1. The molecule has 112 valence electrons. The van der Waals surface area contributed by atoms with Crippen LogP contribution in [0.25, 0.3) is 5.52 Å². The van der Waals surface area contributed by atoms with Crippen molar-refractivity contribution in [2.45, 2.75) is 25.2 Å². The highest BCUT2D eigenvalue weighted by molar-refractivity contribution is 5.98. The Kier molecular flexibility index (Phi) is 3.79. The first-order valence-electron chi connectivity index (χ1n) is 7.28. The molecule has 0 aliphatic carbocycles. The molecule has 1 saturated heterocycles. The standard InChI is InChI=1S/C15H20N4O2/c1-21-15(20)12-13-11(16)6-4-8-19(13)14(18-12)10-5-2-3-7-17-9-10/h4,6,8,10,17H,2-3,5,7,9,16H2,1H3. The number of nitrogen functional groups attached to an aromatic ring is 1. The highest BCUT2D eigenvalue weighted by Crippen LogP contribution is 2.28. The van der Waals surface area contributed by atoms with Crippen LogP contribution in [0.1, 0.15) is 41.5 Å². The number of methoxy groups -OCH3 is 1. The number of nitrogens with one attached hydrogen (secondary N) is 1. The van der Waals surface area contributed by atoms with Gasteiger partial charge >= 0.3 is 5.97 Å². The maximum atomic E-state index is 12.0. The van der Waals surface area contributed by atoms with Gasteiger partial charge < -0.3 is 20.2 Å². The summed E-state index contributed by atoms with van der Waals surface area (Å²) in [6.45, 7) is 1.90. The summed E-state index contributed by atoms with van der Waals surface area (Å²) in [5.74, 6) is 0.713. The van der Waals surface area contributed by atoms with Crippen molar-refractivity contribution in [3.05, 3.63) is 29.8 Å². The Morgan fingerprint density at radius 2 is 2.38 bits per heavy atom. The van der Waals surface area contributed by atoms with Gasteiger partial charge in [0.1, 0.15) is 11.3 Å². The molecule has 2 aromatic heterocycles. The molecule has 3 rings (SSSR count). The van der Waals surface area contributed by atoms with Crippen LogP contribution < -0.4 is 11.1 Å². The molecule has 3 heterocycles. The van der Waals surface area contributed by atoms with Crippen LogP contribution in [0.4, 0.5) is 5.69 Å². The number of anilines is 1. The molecule has 0 aromatic carbocycles. The molecule has 0 bridgehead atoms. The molecule has 0 radical (unpaired) electrons. The first-order chi connectivity index (χ1) is 10.2. The van der Waals surface area contributed by atoms with E-state index >= 15 is 0 Å². The molecule has 0 saturated carbocycles. The SMILES string of the molecule is COC(=O)c1nc(C2CCCCNC2)n2cccc(N)c12. The van der Waals surface area contributed by atoms with Gasteiger partial charge in [-0.3, -0.25) is 0 Å². The number of carbonyl (C=O) groups excluding carboxylic acids is 1. The number of nitrogens with two attached hydrogens (primary N) is 1. The van der Waals surface area contributed by atoms with Gasteiger partial charge in [-0.15, -0.1) is 0 Å². The lowest BCUT2D eigenvalue weighted by molar-refractivity contribution is 0.0596. The Morgan fingerprint density at radius 1 is 1.52 bits per heavy atom. The number of esters is 1. The molecule has 1 aliphatic heterocycles. The summed E-state index contributed by atoms with van der Waals surface area (Å²) in [6, 6.07) is 3.65. The summed E-state index contributed by atoms with van der Waals surface area (Å²) >= 11 is 0. The fourth-order valence-corrected chi connectivity index (χ4v) is 2.95. The van der Waals surface area contributed by atoms with E-state index < -0.39 is 5.97 Å². The zero-order valence-corrected chi connectivity index (χ0v) is 12.1. The second kappa shape index (κ2) is 5.73. The van der Waals surface area contributed by atoms with Crippen molar-refractivity contribution in [3.63, 3.8) is 0 Å². The van der Waals surface area contributed by atoms with E-state index in [0.717, 1.165) is 31.8 Å². The molecule has 6 heteroatoms. The van der Waals surface area contributed by atoms with Crippen molar-refractivity contribution >= 4 is 17.2 Å². The number of nitrogens with zero attached hydrogens (tertiary/aromatic N) is 2. The van der Waals surface area contributed by atoms with Crippen LogP contribution in [0, 0.1) is 0 Å². The molecule has 3 N–H and O–H groups in total. The monoisotopic (exact) mass is 288 g/mol. The Labute approximate surface area is 123 Å². The van der Waals surface area contributed by atoms with Crippen molar-refractivity contribution < 1.29 is 9.53 Å². The summed E-state index contributed by atoms with van der Waals surface area (Å²) < 4.78 is 6.77. The third kappa shape index (κ3) is 2.47.